The summed E-state index contributed by atoms with van der Waals surface area (Å²) >= 11 is 0. The number of aliphatic hydroxyl groups is 1. The molecule has 1 unspecified atom stereocenters. The molecule has 0 heterocycles. The van der Waals surface area contributed by atoms with Crippen molar-refractivity contribution in [2.24, 2.45) is 0 Å². The number of para-hydroxylation sites is 2. The van der Waals surface area contributed by atoms with E-state index in [0.29, 0.717) is 35.1 Å². The SMILES string of the molecule is CCOc1ccccc1NC(=O)C(=O)NCC(O)c1ccc(OC)c(OC)c1. The number of anilines is 1. The third kappa shape index (κ3) is 5.37. The van der Waals surface area contributed by atoms with Gasteiger partial charge in [0.05, 0.1) is 32.6 Å². The molecule has 2 rings (SSSR count). The van der Waals surface area contributed by atoms with Crippen LogP contribution < -0.4 is 24.8 Å². The first kappa shape index (κ1) is 21.0. The van der Waals surface area contributed by atoms with Crippen LogP contribution in [0, 0.1) is 0 Å². The first-order valence-electron chi connectivity index (χ1n) is 8.71. The van der Waals surface area contributed by atoms with E-state index in [9.17, 15) is 14.7 Å². The normalized spacial score (nSPS) is 11.3. The fourth-order valence-electron chi connectivity index (χ4n) is 2.48. The van der Waals surface area contributed by atoms with Gasteiger partial charge in [0.15, 0.2) is 11.5 Å². The highest BCUT2D eigenvalue weighted by molar-refractivity contribution is 6.39. The molecule has 2 aromatic carbocycles. The van der Waals surface area contributed by atoms with Crippen molar-refractivity contribution in [1.82, 2.24) is 5.32 Å². The maximum Gasteiger partial charge on any atom is 0.313 e. The molecule has 0 spiro atoms. The minimum atomic E-state index is -1.02. The van der Waals surface area contributed by atoms with E-state index in [0.717, 1.165) is 0 Å². The van der Waals surface area contributed by atoms with E-state index < -0.39 is 17.9 Å². The molecule has 1 atom stereocenters. The lowest BCUT2D eigenvalue weighted by molar-refractivity contribution is -0.136. The zero-order chi connectivity index (χ0) is 20.5. The molecule has 0 saturated heterocycles. The van der Waals surface area contributed by atoms with Crippen molar-refractivity contribution in [3.63, 3.8) is 0 Å². The van der Waals surface area contributed by atoms with Crippen molar-refractivity contribution in [2.75, 3.05) is 32.7 Å². The zero-order valence-corrected chi connectivity index (χ0v) is 16.0. The monoisotopic (exact) mass is 388 g/mol. The Bertz CT molecular complexity index is 824. The number of methoxy groups -OCH3 is 2. The average molecular weight is 388 g/mol. The molecule has 0 aromatic heterocycles. The molecule has 0 aliphatic carbocycles. The summed E-state index contributed by atoms with van der Waals surface area (Å²) in [5.74, 6) is -0.278. The molecular formula is C20H24N2O6. The van der Waals surface area contributed by atoms with Crippen molar-refractivity contribution < 1.29 is 28.9 Å². The second kappa shape index (κ2) is 10.2. The quantitative estimate of drug-likeness (QED) is 0.597. The van der Waals surface area contributed by atoms with Gasteiger partial charge in [-0.25, -0.2) is 0 Å². The summed E-state index contributed by atoms with van der Waals surface area (Å²) in [6.07, 6.45) is -1.02. The van der Waals surface area contributed by atoms with Crippen LogP contribution in [0.15, 0.2) is 42.5 Å². The second-order valence-corrected chi connectivity index (χ2v) is 5.72. The van der Waals surface area contributed by atoms with Gasteiger partial charge in [-0.05, 0) is 36.8 Å². The fraction of sp³-hybridized carbons (Fsp3) is 0.300. The van der Waals surface area contributed by atoms with Crippen LogP contribution in [0.1, 0.15) is 18.6 Å². The van der Waals surface area contributed by atoms with Gasteiger partial charge in [-0.15, -0.1) is 0 Å². The zero-order valence-electron chi connectivity index (χ0n) is 16.0. The van der Waals surface area contributed by atoms with Crippen molar-refractivity contribution in [2.45, 2.75) is 13.0 Å². The van der Waals surface area contributed by atoms with Crippen LogP contribution >= 0.6 is 0 Å². The molecule has 3 N–H and O–H groups in total. The highest BCUT2D eigenvalue weighted by atomic mass is 16.5. The van der Waals surface area contributed by atoms with Crippen molar-refractivity contribution in [3.8, 4) is 17.2 Å². The van der Waals surface area contributed by atoms with Gasteiger partial charge in [-0.2, -0.15) is 0 Å². The molecule has 0 bridgehead atoms. The molecule has 0 fully saturated rings. The summed E-state index contributed by atoms with van der Waals surface area (Å²) in [5, 5.41) is 15.2. The summed E-state index contributed by atoms with van der Waals surface area (Å²) in [5.41, 5.74) is 0.907. The predicted molar refractivity (Wildman–Crippen MR) is 104 cm³/mol. The first-order valence-corrected chi connectivity index (χ1v) is 8.71. The molecule has 150 valence electrons. The molecular weight excluding hydrogens is 364 g/mol. The van der Waals surface area contributed by atoms with Gasteiger partial charge in [0.2, 0.25) is 0 Å². The smallest absolute Gasteiger partial charge is 0.313 e. The first-order chi connectivity index (χ1) is 13.5. The molecule has 0 aliphatic heterocycles. The number of rotatable bonds is 8. The van der Waals surface area contributed by atoms with E-state index >= 15 is 0 Å². The summed E-state index contributed by atoms with van der Waals surface area (Å²) in [4.78, 5) is 24.2. The standard InChI is InChI=1S/C20H24N2O6/c1-4-28-16-8-6-5-7-14(16)22-20(25)19(24)21-12-15(23)13-9-10-17(26-2)18(11-13)27-3/h5-11,15,23H,4,12H2,1-3H3,(H,21,24)(H,22,25). The lowest BCUT2D eigenvalue weighted by Crippen LogP contribution is -2.37. The van der Waals surface area contributed by atoms with Crippen LogP contribution in [-0.2, 0) is 9.59 Å². The van der Waals surface area contributed by atoms with E-state index in [2.05, 4.69) is 10.6 Å². The number of carbonyl (C=O) groups excluding carboxylic acids is 2. The summed E-state index contributed by atoms with van der Waals surface area (Å²) < 4.78 is 15.7. The lowest BCUT2D eigenvalue weighted by Gasteiger charge is -2.15. The van der Waals surface area contributed by atoms with E-state index in [1.54, 1.807) is 42.5 Å². The molecule has 28 heavy (non-hydrogen) atoms. The van der Waals surface area contributed by atoms with Crippen molar-refractivity contribution in [1.29, 1.82) is 0 Å². The lowest BCUT2D eigenvalue weighted by atomic mass is 10.1. The van der Waals surface area contributed by atoms with Gasteiger partial charge < -0.3 is 30.0 Å². The molecule has 0 radical (unpaired) electrons. The molecule has 2 aromatic rings. The molecule has 0 saturated carbocycles. The van der Waals surface area contributed by atoms with Gasteiger partial charge in [0, 0.05) is 6.54 Å². The van der Waals surface area contributed by atoms with Crippen LogP contribution in [0.3, 0.4) is 0 Å². The largest absolute Gasteiger partial charge is 0.493 e. The van der Waals surface area contributed by atoms with E-state index in [4.69, 9.17) is 14.2 Å². The van der Waals surface area contributed by atoms with Gasteiger partial charge >= 0.3 is 11.8 Å². The van der Waals surface area contributed by atoms with Crippen LogP contribution in [0.5, 0.6) is 17.2 Å². The Morgan fingerprint density at radius 1 is 1.00 bits per heavy atom. The van der Waals surface area contributed by atoms with Crippen molar-refractivity contribution >= 4 is 17.5 Å². The van der Waals surface area contributed by atoms with Crippen LogP contribution in [0.25, 0.3) is 0 Å². The fourth-order valence-corrected chi connectivity index (χ4v) is 2.48. The minimum absolute atomic E-state index is 0.144. The van der Waals surface area contributed by atoms with Crippen LogP contribution in [0.2, 0.25) is 0 Å². The number of amides is 2. The van der Waals surface area contributed by atoms with E-state index in [1.807, 2.05) is 6.92 Å². The van der Waals surface area contributed by atoms with Gasteiger partial charge in [-0.1, -0.05) is 18.2 Å². The van der Waals surface area contributed by atoms with Gasteiger partial charge in [0.25, 0.3) is 0 Å². The van der Waals surface area contributed by atoms with E-state index in [-0.39, 0.29) is 6.54 Å². The molecule has 8 nitrogen and oxygen atoms in total. The molecule has 0 aliphatic rings. The summed E-state index contributed by atoms with van der Waals surface area (Å²) in [7, 11) is 3.00. The van der Waals surface area contributed by atoms with Crippen LogP contribution in [0.4, 0.5) is 5.69 Å². The third-order valence-corrected chi connectivity index (χ3v) is 3.89. The van der Waals surface area contributed by atoms with Gasteiger partial charge in [0.1, 0.15) is 5.75 Å². The van der Waals surface area contributed by atoms with Crippen LogP contribution in [-0.4, -0.2) is 44.3 Å². The Balaban J connectivity index is 1.95. The van der Waals surface area contributed by atoms with Crippen molar-refractivity contribution in [3.05, 3.63) is 48.0 Å². The Hall–Kier alpha value is -3.26. The Morgan fingerprint density at radius 3 is 2.39 bits per heavy atom. The second-order valence-electron chi connectivity index (χ2n) is 5.72. The summed E-state index contributed by atoms with van der Waals surface area (Å²) in [6, 6.07) is 11.7. The number of hydrogen-bond donors (Lipinski definition) is 3. The molecule has 8 heteroatoms. The number of aliphatic hydroxyl groups excluding tert-OH is 1. The predicted octanol–water partition coefficient (Wildman–Crippen LogP) is 1.89. The maximum absolute atomic E-state index is 12.1. The number of carbonyl (C=O) groups is 2. The Morgan fingerprint density at radius 2 is 1.71 bits per heavy atom. The minimum Gasteiger partial charge on any atom is -0.493 e. The number of ether oxygens (including phenoxy) is 3. The van der Waals surface area contributed by atoms with E-state index in [1.165, 1.54) is 14.2 Å². The Labute approximate surface area is 163 Å². The number of nitrogens with one attached hydrogen (secondary N) is 2. The average Bonchev–Trinajstić information content (AvgIpc) is 2.72. The highest BCUT2D eigenvalue weighted by Gasteiger charge is 2.18. The Kier molecular flexibility index (Phi) is 7.65. The topological polar surface area (TPSA) is 106 Å². The van der Waals surface area contributed by atoms with Gasteiger partial charge in [-0.3, -0.25) is 9.59 Å². The number of benzene rings is 2. The molecule has 2 amide bonds. The maximum atomic E-state index is 12.1. The highest BCUT2D eigenvalue weighted by Crippen LogP contribution is 2.29. The third-order valence-electron chi connectivity index (χ3n) is 3.89. The number of hydrogen-bond acceptors (Lipinski definition) is 6. The summed E-state index contributed by atoms with van der Waals surface area (Å²) in [6.45, 7) is 2.10.